The molecular weight excluding hydrogens is 482 g/mol. The summed E-state index contributed by atoms with van der Waals surface area (Å²) < 4.78 is 39.5. The Morgan fingerprint density at radius 3 is 2.64 bits per heavy atom. The summed E-state index contributed by atoms with van der Waals surface area (Å²) in [5, 5.41) is 10.8. The monoisotopic (exact) mass is 515 g/mol. The maximum atomic E-state index is 12.7. The lowest BCUT2D eigenvalue weighted by Gasteiger charge is -2.26. The van der Waals surface area contributed by atoms with Gasteiger partial charge in [0, 0.05) is 31.9 Å². The summed E-state index contributed by atoms with van der Waals surface area (Å²) in [5.41, 5.74) is 1.24. The zero-order chi connectivity index (χ0) is 24.8. The molecule has 0 radical (unpaired) electrons. The summed E-state index contributed by atoms with van der Waals surface area (Å²) >= 11 is 0. The van der Waals surface area contributed by atoms with Gasteiger partial charge >= 0.3 is 0 Å². The lowest BCUT2D eigenvalue weighted by molar-refractivity contribution is 0.0390. The lowest BCUT2D eigenvalue weighted by atomic mass is 9.90. The number of anilines is 2. The molecule has 0 atom stereocenters. The Kier molecular flexibility index (Phi) is 7.95. The van der Waals surface area contributed by atoms with Crippen LogP contribution in [0, 0.1) is 5.92 Å². The van der Waals surface area contributed by atoms with Crippen LogP contribution < -0.4 is 14.8 Å². The van der Waals surface area contributed by atoms with E-state index in [1.807, 2.05) is 0 Å². The van der Waals surface area contributed by atoms with E-state index in [1.54, 1.807) is 30.5 Å². The summed E-state index contributed by atoms with van der Waals surface area (Å²) in [6.07, 6.45) is 7.83. The molecule has 1 aliphatic carbocycles. The predicted octanol–water partition coefficient (Wildman–Crippen LogP) is 2.67. The fourth-order valence-corrected chi connectivity index (χ4v) is 5.64. The highest BCUT2D eigenvalue weighted by atomic mass is 32.2. The quantitative estimate of drug-likeness (QED) is 0.372. The van der Waals surface area contributed by atoms with Gasteiger partial charge in [-0.15, -0.1) is 0 Å². The molecule has 1 aliphatic heterocycles. The Hall–Kier alpha value is -2.80. The minimum absolute atomic E-state index is 0.205. The van der Waals surface area contributed by atoms with Gasteiger partial charge in [0.2, 0.25) is 21.9 Å². The molecule has 2 aromatic heterocycles. The molecule has 0 unspecified atom stereocenters. The smallest absolute Gasteiger partial charge is 0.240 e. The molecule has 3 N–H and O–H groups in total. The van der Waals surface area contributed by atoms with E-state index >= 15 is 0 Å². The first-order valence-electron chi connectivity index (χ1n) is 12.6. The number of fused-ring (bicyclic) bond motifs is 1. The first kappa shape index (κ1) is 24.9. The highest BCUT2D eigenvalue weighted by Gasteiger charge is 2.18. The van der Waals surface area contributed by atoms with Crippen LogP contribution >= 0.6 is 0 Å². The normalized spacial score (nSPS) is 17.9. The number of aromatic amines is 1. The summed E-state index contributed by atoms with van der Waals surface area (Å²) in [5.74, 6) is 1.39. The number of sulfonamides is 1. The van der Waals surface area contributed by atoms with Crippen LogP contribution in [0.1, 0.15) is 32.1 Å². The molecule has 0 bridgehead atoms. The largest absolute Gasteiger partial charge is 0.477 e. The molecule has 36 heavy (non-hydrogen) atoms. The van der Waals surface area contributed by atoms with Gasteiger partial charge in [0.1, 0.15) is 5.39 Å². The summed E-state index contributed by atoms with van der Waals surface area (Å²) in [6.45, 7) is 4.65. The molecule has 0 spiro atoms. The molecule has 1 aromatic carbocycles. The molecule has 3 aromatic rings. The molecule has 11 nitrogen and oxygen atoms in total. The Balaban J connectivity index is 1.21. The Morgan fingerprint density at radius 1 is 1.08 bits per heavy atom. The van der Waals surface area contributed by atoms with Gasteiger partial charge in [0.05, 0.1) is 30.9 Å². The Bertz CT molecular complexity index is 1240. The van der Waals surface area contributed by atoms with Crippen LogP contribution in [0.4, 0.5) is 11.6 Å². The molecule has 194 valence electrons. The number of nitrogens with one attached hydrogen (secondary N) is 3. The maximum absolute atomic E-state index is 12.7. The van der Waals surface area contributed by atoms with Crippen molar-refractivity contribution < 1.29 is 17.9 Å². The summed E-state index contributed by atoms with van der Waals surface area (Å²) in [4.78, 5) is 11.4. The minimum atomic E-state index is -3.60. The van der Waals surface area contributed by atoms with Crippen molar-refractivity contribution in [3.8, 4) is 5.88 Å². The van der Waals surface area contributed by atoms with E-state index in [1.165, 1.54) is 32.1 Å². The average molecular weight is 516 g/mol. The second kappa shape index (κ2) is 11.5. The average Bonchev–Trinajstić information content (AvgIpc) is 3.38. The van der Waals surface area contributed by atoms with Crippen molar-refractivity contribution in [2.75, 3.05) is 51.3 Å². The minimum Gasteiger partial charge on any atom is -0.477 e. The predicted molar refractivity (Wildman–Crippen MR) is 136 cm³/mol. The van der Waals surface area contributed by atoms with Crippen LogP contribution in [0.15, 0.2) is 35.4 Å². The van der Waals surface area contributed by atoms with E-state index in [0.29, 0.717) is 62.0 Å². The van der Waals surface area contributed by atoms with Gasteiger partial charge < -0.3 is 14.8 Å². The number of ether oxygens (including phenoxy) is 2. The van der Waals surface area contributed by atoms with Crippen molar-refractivity contribution in [3.63, 3.8) is 0 Å². The topological polar surface area (TPSA) is 134 Å². The third-order valence-corrected chi connectivity index (χ3v) is 8.18. The number of hydrogen-bond acceptors (Lipinski definition) is 9. The summed E-state index contributed by atoms with van der Waals surface area (Å²) in [6, 6.07) is 6.52. The van der Waals surface area contributed by atoms with Crippen LogP contribution in [-0.4, -0.2) is 79.5 Å². The third kappa shape index (κ3) is 6.30. The van der Waals surface area contributed by atoms with Crippen LogP contribution in [0.25, 0.3) is 11.0 Å². The fraction of sp³-hybridized carbons (Fsp3) is 0.542. The maximum Gasteiger partial charge on any atom is 0.240 e. The second-order valence-corrected chi connectivity index (χ2v) is 11.1. The molecule has 2 fully saturated rings. The van der Waals surface area contributed by atoms with Gasteiger partial charge in [0.25, 0.3) is 0 Å². The first-order chi connectivity index (χ1) is 17.6. The molecule has 12 heteroatoms. The van der Waals surface area contributed by atoms with Gasteiger partial charge in [-0.25, -0.2) is 13.1 Å². The lowest BCUT2D eigenvalue weighted by Crippen LogP contribution is -2.41. The number of benzene rings is 1. The first-order valence-corrected chi connectivity index (χ1v) is 14.1. The molecule has 0 amide bonds. The highest BCUT2D eigenvalue weighted by Crippen LogP contribution is 2.28. The van der Waals surface area contributed by atoms with Crippen molar-refractivity contribution in [3.05, 3.63) is 30.5 Å². The molecule has 3 heterocycles. The number of aromatic nitrogens is 4. The third-order valence-electron chi connectivity index (χ3n) is 6.70. The van der Waals surface area contributed by atoms with E-state index in [0.717, 1.165) is 18.5 Å². The highest BCUT2D eigenvalue weighted by molar-refractivity contribution is 7.89. The van der Waals surface area contributed by atoms with Crippen LogP contribution in [0.2, 0.25) is 0 Å². The number of morpholine rings is 1. The van der Waals surface area contributed by atoms with Crippen molar-refractivity contribution in [2.24, 2.45) is 5.92 Å². The van der Waals surface area contributed by atoms with E-state index in [-0.39, 0.29) is 4.90 Å². The molecule has 2 aliphatic rings. The summed E-state index contributed by atoms with van der Waals surface area (Å²) in [7, 11) is -3.60. The van der Waals surface area contributed by atoms with Gasteiger partial charge in [-0.05, 0) is 43.0 Å². The van der Waals surface area contributed by atoms with Gasteiger partial charge in [-0.3, -0.25) is 10.00 Å². The zero-order valence-electron chi connectivity index (χ0n) is 20.3. The van der Waals surface area contributed by atoms with E-state index in [4.69, 9.17) is 9.47 Å². The van der Waals surface area contributed by atoms with E-state index < -0.39 is 10.0 Å². The molecule has 1 saturated carbocycles. The molecule has 1 saturated heterocycles. The van der Waals surface area contributed by atoms with Crippen LogP contribution in [0.3, 0.4) is 0 Å². The van der Waals surface area contributed by atoms with Gasteiger partial charge in [-0.1, -0.05) is 19.3 Å². The Labute approximate surface area is 211 Å². The zero-order valence-corrected chi connectivity index (χ0v) is 21.1. The van der Waals surface area contributed by atoms with Crippen molar-refractivity contribution in [1.29, 1.82) is 0 Å². The number of H-pyrrole nitrogens is 1. The van der Waals surface area contributed by atoms with Crippen molar-refractivity contribution in [1.82, 2.24) is 29.8 Å². The molecular formula is C24H33N7O4S. The van der Waals surface area contributed by atoms with Crippen molar-refractivity contribution >= 4 is 32.7 Å². The number of hydrogen-bond donors (Lipinski definition) is 3. The van der Waals surface area contributed by atoms with Gasteiger partial charge in [-0.2, -0.15) is 15.1 Å². The fourth-order valence-electron chi connectivity index (χ4n) is 4.62. The standard InChI is InChI=1S/C24H33N7O4S/c32-36(33,26-10-11-31-12-14-34-15-13-31)20-8-6-19(7-9-20)27-24-28-22-21(16-25-30-22)23(29-24)35-17-18-4-2-1-3-5-18/h6-9,16,18,26H,1-5,10-15,17H2,(H2,25,27,28,29,30). The van der Waals surface area contributed by atoms with Crippen LogP contribution in [-0.2, 0) is 14.8 Å². The molecule has 5 rings (SSSR count). The SMILES string of the molecule is O=S(=O)(NCCN1CCOCC1)c1ccc(Nc2nc(OCC3CCCCC3)c3cn[nH]c3n2)cc1. The Morgan fingerprint density at radius 2 is 1.86 bits per heavy atom. The van der Waals surface area contributed by atoms with Crippen LogP contribution in [0.5, 0.6) is 5.88 Å². The number of rotatable bonds is 10. The van der Waals surface area contributed by atoms with Crippen molar-refractivity contribution in [2.45, 2.75) is 37.0 Å². The second-order valence-electron chi connectivity index (χ2n) is 9.30. The van der Waals surface area contributed by atoms with Gasteiger partial charge in [0.15, 0.2) is 5.65 Å². The van der Waals surface area contributed by atoms with E-state index in [9.17, 15) is 8.42 Å². The number of nitrogens with zero attached hydrogens (tertiary/aromatic N) is 4. The van der Waals surface area contributed by atoms with E-state index in [2.05, 4.69) is 35.1 Å².